The third-order valence-electron chi connectivity index (χ3n) is 3.46. The average Bonchev–Trinajstić information content (AvgIpc) is 2.60. The summed E-state index contributed by atoms with van der Waals surface area (Å²) in [6.45, 7) is 1.53. The summed E-state index contributed by atoms with van der Waals surface area (Å²) in [5.41, 5.74) is 7.22. The van der Waals surface area contributed by atoms with Crippen molar-refractivity contribution in [3.05, 3.63) is 70.8 Å². The molecule has 0 aromatic heterocycles. The summed E-state index contributed by atoms with van der Waals surface area (Å²) in [5.74, 6) is -1.44. The van der Waals surface area contributed by atoms with E-state index < -0.39 is 11.8 Å². The SMILES string of the molecule is C/C(=C/C(=O)Nc1cccc(C(=O)NCC(N)=O)c1)c1ccccc1Cl. The van der Waals surface area contributed by atoms with Crippen LogP contribution in [0.4, 0.5) is 5.69 Å². The van der Waals surface area contributed by atoms with Gasteiger partial charge in [0.2, 0.25) is 11.8 Å². The second-order valence-corrected chi connectivity index (χ2v) is 5.93. The first-order valence-electron chi connectivity index (χ1n) is 7.77. The van der Waals surface area contributed by atoms with Gasteiger partial charge in [-0.3, -0.25) is 14.4 Å². The van der Waals surface area contributed by atoms with Crippen LogP contribution in [0.25, 0.3) is 5.57 Å². The fraction of sp³-hybridized carbons (Fsp3) is 0.105. The predicted molar refractivity (Wildman–Crippen MR) is 102 cm³/mol. The lowest BCUT2D eigenvalue weighted by atomic mass is 10.1. The van der Waals surface area contributed by atoms with E-state index in [9.17, 15) is 14.4 Å². The highest BCUT2D eigenvalue weighted by Gasteiger charge is 2.09. The van der Waals surface area contributed by atoms with Gasteiger partial charge in [0.1, 0.15) is 0 Å². The van der Waals surface area contributed by atoms with Crippen molar-refractivity contribution in [2.75, 3.05) is 11.9 Å². The van der Waals surface area contributed by atoms with Gasteiger partial charge in [0.25, 0.3) is 5.91 Å². The zero-order valence-electron chi connectivity index (χ0n) is 14.1. The summed E-state index contributed by atoms with van der Waals surface area (Å²) in [6.07, 6.45) is 1.43. The van der Waals surface area contributed by atoms with Crippen LogP contribution in [-0.2, 0) is 9.59 Å². The fourth-order valence-corrected chi connectivity index (χ4v) is 2.53. The second kappa shape index (κ2) is 8.82. The van der Waals surface area contributed by atoms with Crippen molar-refractivity contribution in [2.45, 2.75) is 6.92 Å². The van der Waals surface area contributed by atoms with Crippen LogP contribution in [0.3, 0.4) is 0 Å². The molecule has 7 heteroatoms. The smallest absolute Gasteiger partial charge is 0.251 e. The van der Waals surface area contributed by atoms with Gasteiger partial charge in [0.05, 0.1) is 6.54 Å². The fourth-order valence-electron chi connectivity index (χ4n) is 2.24. The Morgan fingerprint density at radius 3 is 2.54 bits per heavy atom. The van der Waals surface area contributed by atoms with E-state index in [-0.39, 0.29) is 12.5 Å². The Kier molecular flexibility index (Phi) is 6.52. The van der Waals surface area contributed by atoms with E-state index in [4.69, 9.17) is 17.3 Å². The van der Waals surface area contributed by atoms with Crippen LogP contribution in [0.1, 0.15) is 22.8 Å². The molecule has 6 nitrogen and oxygen atoms in total. The molecule has 0 aliphatic heterocycles. The quantitative estimate of drug-likeness (QED) is 0.680. The molecule has 0 bridgehead atoms. The standard InChI is InChI=1S/C19H18ClN3O3/c1-12(15-7-2-3-8-16(15)20)9-18(25)23-14-6-4-5-13(10-14)19(26)22-11-17(21)24/h2-10H,11H2,1H3,(H2,21,24)(H,22,26)(H,23,25)/b12-9-. The lowest BCUT2D eigenvalue weighted by Gasteiger charge is -2.08. The highest BCUT2D eigenvalue weighted by Crippen LogP contribution is 2.23. The molecule has 0 radical (unpaired) electrons. The van der Waals surface area contributed by atoms with E-state index in [1.54, 1.807) is 31.2 Å². The summed E-state index contributed by atoms with van der Waals surface area (Å²) < 4.78 is 0. The molecular weight excluding hydrogens is 354 g/mol. The molecule has 0 atom stereocenters. The van der Waals surface area contributed by atoms with E-state index in [0.29, 0.717) is 21.8 Å². The molecule has 2 aromatic carbocycles. The molecule has 134 valence electrons. The third-order valence-corrected chi connectivity index (χ3v) is 3.79. The van der Waals surface area contributed by atoms with Gasteiger partial charge in [-0.1, -0.05) is 35.9 Å². The molecule has 4 N–H and O–H groups in total. The minimum Gasteiger partial charge on any atom is -0.368 e. The molecule has 2 rings (SSSR count). The van der Waals surface area contributed by atoms with Crippen molar-refractivity contribution < 1.29 is 14.4 Å². The number of nitrogens with two attached hydrogens (primary N) is 1. The Bertz CT molecular complexity index is 878. The maximum atomic E-state index is 12.2. The number of nitrogens with one attached hydrogen (secondary N) is 2. The van der Waals surface area contributed by atoms with Gasteiger partial charge in [-0.05, 0) is 42.3 Å². The van der Waals surface area contributed by atoms with Crippen LogP contribution in [0.5, 0.6) is 0 Å². The van der Waals surface area contributed by atoms with Crippen molar-refractivity contribution in [3.63, 3.8) is 0 Å². The van der Waals surface area contributed by atoms with Gasteiger partial charge >= 0.3 is 0 Å². The number of carbonyl (C=O) groups is 3. The molecule has 3 amide bonds. The van der Waals surface area contributed by atoms with Crippen molar-refractivity contribution in [1.82, 2.24) is 5.32 Å². The van der Waals surface area contributed by atoms with Gasteiger partial charge in [0.15, 0.2) is 0 Å². The highest BCUT2D eigenvalue weighted by atomic mass is 35.5. The Labute approximate surface area is 156 Å². The summed E-state index contributed by atoms with van der Waals surface area (Å²) in [5, 5.41) is 5.64. The molecule has 0 aliphatic carbocycles. The van der Waals surface area contributed by atoms with E-state index in [1.165, 1.54) is 12.1 Å². The van der Waals surface area contributed by atoms with Crippen LogP contribution in [0, 0.1) is 0 Å². The number of hydrogen-bond donors (Lipinski definition) is 3. The minimum atomic E-state index is -0.636. The molecule has 0 heterocycles. The van der Waals surface area contributed by atoms with Gasteiger partial charge < -0.3 is 16.4 Å². The molecule has 26 heavy (non-hydrogen) atoms. The van der Waals surface area contributed by atoms with Crippen molar-refractivity contribution >= 4 is 40.6 Å². The number of rotatable bonds is 6. The van der Waals surface area contributed by atoms with Crippen molar-refractivity contribution in [2.24, 2.45) is 5.73 Å². The summed E-state index contributed by atoms with van der Waals surface area (Å²) in [7, 11) is 0. The average molecular weight is 372 g/mol. The molecule has 0 unspecified atom stereocenters. The van der Waals surface area contributed by atoms with E-state index in [1.807, 2.05) is 18.2 Å². The topological polar surface area (TPSA) is 101 Å². The van der Waals surface area contributed by atoms with Crippen LogP contribution in [0.15, 0.2) is 54.6 Å². The van der Waals surface area contributed by atoms with Crippen LogP contribution in [0.2, 0.25) is 5.02 Å². The van der Waals surface area contributed by atoms with E-state index >= 15 is 0 Å². The maximum absolute atomic E-state index is 12.2. The molecular formula is C19H18ClN3O3. The molecule has 2 aromatic rings. The van der Waals surface area contributed by atoms with Crippen LogP contribution >= 0.6 is 11.6 Å². The first-order chi connectivity index (χ1) is 12.4. The number of anilines is 1. The van der Waals surface area contributed by atoms with Gasteiger partial charge in [-0.25, -0.2) is 0 Å². The normalized spacial score (nSPS) is 10.9. The minimum absolute atomic E-state index is 0.255. The van der Waals surface area contributed by atoms with Gasteiger partial charge in [0, 0.05) is 22.3 Å². The summed E-state index contributed by atoms with van der Waals surface area (Å²) >= 11 is 6.12. The number of carbonyl (C=O) groups excluding carboxylic acids is 3. The Morgan fingerprint density at radius 1 is 1.12 bits per heavy atom. The third kappa shape index (κ3) is 5.46. The molecule has 0 aliphatic rings. The summed E-state index contributed by atoms with van der Waals surface area (Å²) in [6, 6.07) is 13.6. The van der Waals surface area contributed by atoms with Gasteiger partial charge in [-0.2, -0.15) is 0 Å². The number of amides is 3. The monoisotopic (exact) mass is 371 g/mol. The largest absolute Gasteiger partial charge is 0.368 e. The highest BCUT2D eigenvalue weighted by molar-refractivity contribution is 6.32. The number of benzene rings is 2. The number of halogens is 1. The lowest BCUT2D eigenvalue weighted by molar-refractivity contribution is -0.117. The number of primary amides is 1. The molecule has 0 fully saturated rings. The number of allylic oxidation sites excluding steroid dienone is 1. The van der Waals surface area contributed by atoms with E-state index in [2.05, 4.69) is 10.6 Å². The Hall–Kier alpha value is -3.12. The molecule has 0 saturated carbocycles. The zero-order valence-corrected chi connectivity index (χ0v) is 14.8. The Balaban J connectivity index is 2.08. The molecule has 0 saturated heterocycles. The summed E-state index contributed by atoms with van der Waals surface area (Å²) in [4.78, 5) is 34.9. The van der Waals surface area contributed by atoms with Crippen molar-refractivity contribution in [1.29, 1.82) is 0 Å². The van der Waals surface area contributed by atoms with Crippen LogP contribution < -0.4 is 16.4 Å². The first-order valence-corrected chi connectivity index (χ1v) is 8.15. The molecule has 0 spiro atoms. The lowest BCUT2D eigenvalue weighted by Crippen LogP contribution is -2.33. The number of hydrogen-bond acceptors (Lipinski definition) is 3. The van der Waals surface area contributed by atoms with Crippen LogP contribution in [-0.4, -0.2) is 24.3 Å². The predicted octanol–water partition coefficient (Wildman–Crippen LogP) is 2.60. The Morgan fingerprint density at radius 2 is 1.85 bits per heavy atom. The van der Waals surface area contributed by atoms with Gasteiger partial charge in [-0.15, -0.1) is 0 Å². The first kappa shape index (κ1) is 19.2. The second-order valence-electron chi connectivity index (χ2n) is 5.53. The maximum Gasteiger partial charge on any atom is 0.251 e. The zero-order chi connectivity index (χ0) is 19.1. The van der Waals surface area contributed by atoms with E-state index in [0.717, 1.165) is 5.56 Å². The van der Waals surface area contributed by atoms with Crippen molar-refractivity contribution in [3.8, 4) is 0 Å².